The van der Waals surface area contributed by atoms with E-state index in [-0.39, 0.29) is 34.2 Å². The number of aromatic nitrogens is 1. The fourth-order valence-corrected chi connectivity index (χ4v) is 1.56. The highest BCUT2D eigenvalue weighted by atomic mass is 35.5. The Labute approximate surface area is 116 Å². The molecular weight excluding hydrogens is 315 g/mol. The molecule has 0 bridgehead atoms. The van der Waals surface area contributed by atoms with Gasteiger partial charge >= 0.3 is 6.18 Å². The summed E-state index contributed by atoms with van der Waals surface area (Å²) < 4.78 is 39.7. The minimum atomic E-state index is -4.33. The molecule has 1 heterocycles. The summed E-state index contributed by atoms with van der Waals surface area (Å²) in [4.78, 5) is 3.83. The van der Waals surface area contributed by atoms with Gasteiger partial charge in [0.1, 0.15) is 17.6 Å². The third-order valence-corrected chi connectivity index (χ3v) is 2.65. The first-order chi connectivity index (χ1) is 8.29. The number of nitrogens with one attached hydrogen (secondary N) is 1. The van der Waals surface area contributed by atoms with Crippen LogP contribution in [-0.2, 0) is 4.74 Å². The number of anilines is 1. The fourth-order valence-electron chi connectivity index (χ4n) is 0.998. The van der Waals surface area contributed by atoms with Gasteiger partial charge in [0.15, 0.2) is 0 Å². The molecule has 0 aromatic carbocycles. The zero-order valence-corrected chi connectivity index (χ0v) is 11.1. The van der Waals surface area contributed by atoms with Crippen molar-refractivity contribution in [2.45, 2.75) is 6.18 Å². The maximum Gasteiger partial charge on any atom is 0.411 e. The van der Waals surface area contributed by atoms with Gasteiger partial charge in [0.05, 0.1) is 16.7 Å². The molecule has 18 heavy (non-hydrogen) atoms. The minimum absolute atomic E-state index is 0.0553. The largest absolute Gasteiger partial charge is 0.411 e. The van der Waals surface area contributed by atoms with Gasteiger partial charge in [0.25, 0.3) is 0 Å². The van der Waals surface area contributed by atoms with Crippen LogP contribution >= 0.6 is 34.8 Å². The van der Waals surface area contributed by atoms with Gasteiger partial charge in [-0.2, -0.15) is 13.2 Å². The molecule has 0 unspecified atom stereocenters. The van der Waals surface area contributed by atoms with E-state index < -0.39 is 12.8 Å². The minimum Gasteiger partial charge on any atom is -0.370 e. The molecule has 0 fully saturated rings. The van der Waals surface area contributed by atoms with E-state index in [4.69, 9.17) is 34.8 Å². The molecule has 1 rings (SSSR count). The number of rotatable bonds is 5. The molecule has 102 valence electrons. The van der Waals surface area contributed by atoms with Crippen LogP contribution in [0.15, 0.2) is 6.07 Å². The monoisotopic (exact) mass is 322 g/mol. The normalized spacial score (nSPS) is 11.7. The number of hydrogen-bond acceptors (Lipinski definition) is 3. The molecule has 0 aliphatic rings. The molecule has 0 saturated heterocycles. The van der Waals surface area contributed by atoms with Crippen molar-refractivity contribution in [1.29, 1.82) is 0 Å². The van der Waals surface area contributed by atoms with Crippen LogP contribution in [0.1, 0.15) is 0 Å². The maximum absolute atomic E-state index is 11.8. The molecule has 0 aliphatic carbocycles. The first-order valence-corrected chi connectivity index (χ1v) is 5.83. The van der Waals surface area contributed by atoms with Crippen molar-refractivity contribution in [2.75, 3.05) is 25.1 Å². The second-order valence-electron chi connectivity index (χ2n) is 3.19. The van der Waals surface area contributed by atoms with Gasteiger partial charge in [-0.05, 0) is 6.07 Å². The number of alkyl halides is 3. The topological polar surface area (TPSA) is 34.1 Å². The van der Waals surface area contributed by atoms with Crippen LogP contribution in [0.3, 0.4) is 0 Å². The van der Waals surface area contributed by atoms with Crippen LogP contribution in [0.5, 0.6) is 0 Å². The Morgan fingerprint density at radius 1 is 1.22 bits per heavy atom. The van der Waals surface area contributed by atoms with Gasteiger partial charge in [-0.3, -0.25) is 0 Å². The Balaban J connectivity index is 2.38. The van der Waals surface area contributed by atoms with Crippen molar-refractivity contribution in [2.24, 2.45) is 0 Å². The molecule has 0 spiro atoms. The zero-order chi connectivity index (χ0) is 13.8. The Bertz CT molecular complexity index is 415. The van der Waals surface area contributed by atoms with Crippen molar-refractivity contribution in [1.82, 2.24) is 4.98 Å². The molecule has 1 aromatic heterocycles. The average molecular weight is 324 g/mol. The number of pyridine rings is 1. The summed E-state index contributed by atoms with van der Waals surface area (Å²) in [5, 5.41) is 3.16. The average Bonchev–Trinajstić information content (AvgIpc) is 2.23. The third kappa shape index (κ3) is 5.48. The van der Waals surface area contributed by atoms with Crippen molar-refractivity contribution in [3.05, 3.63) is 21.3 Å². The van der Waals surface area contributed by atoms with E-state index in [1.807, 2.05) is 0 Å². The van der Waals surface area contributed by atoms with Crippen molar-refractivity contribution >= 4 is 40.6 Å². The highest BCUT2D eigenvalue weighted by Crippen LogP contribution is 2.28. The van der Waals surface area contributed by atoms with E-state index in [9.17, 15) is 13.2 Å². The summed E-state index contributed by atoms with van der Waals surface area (Å²) in [5.41, 5.74) is 0. The van der Waals surface area contributed by atoms with Crippen LogP contribution in [-0.4, -0.2) is 30.9 Å². The first kappa shape index (κ1) is 15.6. The van der Waals surface area contributed by atoms with Crippen LogP contribution < -0.4 is 5.32 Å². The number of ether oxygens (including phenoxy) is 1. The lowest BCUT2D eigenvalue weighted by Crippen LogP contribution is -2.20. The van der Waals surface area contributed by atoms with Crippen molar-refractivity contribution < 1.29 is 17.9 Å². The van der Waals surface area contributed by atoms with Gasteiger partial charge in [-0.25, -0.2) is 4.98 Å². The fraction of sp³-hybridized carbons (Fsp3) is 0.444. The predicted octanol–water partition coefficient (Wildman–Crippen LogP) is 4.03. The summed E-state index contributed by atoms with van der Waals surface area (Å²) >= 11 is 17.1. The summed E-state index contributed by atoms with van der Waals surface area (Å²) in [5.74, 6) is 0.238. The second kappa shape index (κ2) is 6.65. The first-order valence-electron chi connectivity index (χ1n) is 4.69. The molecule has 0 saturated carbocycles. The molecule has 3 nitrogen and oxygen atoms in total. The van der Waals surface area contributed by atoms with Gasteiger partial charge in [-0.1, -0.05) is 34.8 Å². The summed E-state index contributed by atoms with van der Waals surface area (Å²) in [6.07, 6.45) is -4.33. The molecule has 1 N–H and O–H groups in total. The van der Waals surface area contributed by atoms with Crippen LogP contribution in [0.2, 0.25) is 15.2 Å². The van der Waals surface area contributed by atoms with Gasteiger partial charge in [0.2, 0.25) is 0 Å². The number of hydrogen-bond donors (Lipinski definition) is 1. The maximum atomic E-state index is 11.8. The zero-order valence-electron chi connectivity index (χ0n) is 8.82. The van der Waals surface area contributed by atoms with E-state index >= 15 is 0 Å². The summed E-state index contributed by atoms with van der Waals surface area (Å²) in [7, 11) is 0. The van der Waals surface area contributed by atoms with Gasteiger partial charge in [-0.15, -0.1) is 0 Å². The Morgan fingerprint density at radius 3 is 2.50 bits per heavy atom. The SMILES string of the molecule is FC(F)(F)COCCNc1nc(Cl)c(Cl)cc1Cl. The van der Waals surface area contributed by atoms with E-state index in [2.05, 4.69) is 15.0 Å². The highest BCUT2D eigenvalue weighted by Gasteiger charge is 2.27. The molecule has 0 amide bonds. The standard InChI is InChI=1S/C9H8Cl3F3N2O/c10-5-3-6(11)8(17-7(5)12)16-1-2-18-4-9(13,14)15/h3H,1-2,4H2,(H,16,17). The summed E-state index contributed by atoms with van der Waals surface area (Å²) in [6.45, 7) is -1.32. The molecule has 0 atom stereocenters. The third-order valence-electron chi connectivity index (χ3n) is 1.69. The van der Waals surface area contributed by atoms with Crippen LogP contribution in [0.4, 0.5) is 19.0 Å². The molecule has 0 aliphatic heterocycles. The van der Waals surface area contributed by atoms with Crippen molar-refractivity contribution in [3.8, 4) is 0 Å². The highest BCUT2D eigenvalue weighted by molar-refractivity contribution is 6.42. The number of halogens is 6. The summed E-state index contributed by atoms with van der Waals surface area (Å²) in [6, 6.07) is 1.39. The van der Waals surface area contributed by atoms with E-state index in [0.717, 1.165) is 0 Å². The van der Waals surface area contributed by atoms with Crippen LogP contribution in [0.25, 0.3) is 0 Å². The lowest BCUT2D eigenvalue weighted by Gasteiger charge is -2.10. The van der Waals surface area contributed by atoms with Gasteiger partial charge in [0, 0.05) is 6.54 Å². The Morgan fingerprint density at radius 2 is 1.89 bits per heavy atom. The molecular formula is C9H8Cl3F3N2O. The Hall–Kier alpha value is -0.430. The van der Waals surface area contributed by atoms with Gasteiger partial charge < -0.3 is 10.1 Å². The lowest BCUT2D eigenvalue weighted by atomic mass is 10.4. The van der Waals surface area contributed by atoms with Crippen molar-refractivity contribution in [3.63, 3.8) is 0 Å². The quantitative estimate of drug-likeness (QED) is 0.656. The molecule has 1 aromatic rings. The van der Waals surface area contributed by atoms with E-state index in [1.54, 1.807) is 0 Å². The van der Waals surface area contributed by atoms with E-state index in [0.29, 0.717) is 0 Å². The van der Waals surface area contributed by atoms with Crippen LogP contribution in [0, 0.1) is 0 Å². The lowest BCUT2D eigenvalue weighted by molar-refractivity contribution is -0.172. The second-order valence-corrected chi connectivity index (χ2v) is 4.36. The Kier molecular flexibility index (Phi) is 5.78. The smallest absolute Gasteiger partial charge is 0.370 e. The molecule has 9 heteroatoms. The predicted molar refractivity (Wildman–Crippen MR) is 64.6 cm³/mol. The molecule has 0 radical (unpaired) electrons. The number of nitrogens with zero attached hydrogens (tertiary/aromatic N) is 1. The van der Waals surface area contributed by atoms with E-state index in [1.165, 1.54) is 6.07 Å².